The minimum Gasteiger partial charge on any atom is -0.464 e. The van der Waals surface area contributed by atoms with Crippen LogP contribution in [-0.4, -0.2) is 24.9 Å². The summed E-state index contributed by atoms with van der Waals surface area (Å²) in [5.41, 5.74) is 1.26. The number of carbonyl (C=O) groups is 2. The number of hydrogen-bond donors (Lipinski definition) is 2. The molecule has 0 fully saturated rings. The van der Waals surface area contributed by atoms with Crippen LogP contribution in [0.15, 0.2) is 34.9 Å². The van der Waals surface area contributed by atoms with Crippen LogP contribution >= 0.6 is 0 Å². The fraction of sp³-hybridized carbons (Fsp3) is 0.333. The number of fused-ring (bicyclic) bond motifs is 1. The van der Waals surface area contributed by atoms with Gasteiger partial charge in [0, 0.05) is 24.4 Å². The highest BCUT2D eigenvalue weighted by Crippen LogP contribution is 2.19. The Kier molecular flexibility index (Phi) is 4.40. The quantitative estimate of drug-likeness (QED) is 0.818. The Morgan fingerprint density at radius 2 is 1.90 bits per heavy atom. The minimum atomic E-state index is -0.171. The van der Waals surface area contributed by atoms with Gasteiger partial charge in [0.25, 0.3) is 5.91 Å². The summed E-state index contributed by atoms with van der Waals surface area (Å²) in [7, 11) is 0. The van der Waals surface area contributed by atoms with Crippen molar-refractivity contribution in [3.8, 4) is 0 Å². The zero-order valence-electron chi connectivity index (χ0n) is 11.6. The highest BCUT2D eigenvalue weighted by Gasteiger charge is 2.11. The fourth-order valence-electron chi connectivity index (χ4n) is 1.85. The third-order valence-electron chi connectivity index (χ3n) is 2.97. The highest BCUT2D eigenvalue weighted by atomic mass is 16.3. The van der Waals surface area contributed by atoms with Gasteiger partial charge in [0.15, 0.2) is 0 Å². The van der Waals surface area contributed by atoms with Gasteiger partial charge in [0.1, 0.15) is 5.58 Å². The predicted octanol–water partition coefficient (Wildman–Crippen LogP) is 1.93. The van der Waals surface area contributed by atoms with Crippen LogP contribution in [0.25, 0.3) is 11.0 Å². The van der Waals surface area contributed by atoms with Gasteiger partial charge in [-0.25, -0.2) is 0 Å². The molecule has 0 spiro atoms. The monoisotopic (exact) mass is 274 g/mol. The molecule has 2 rings (SSSR count). The Labute approximate surface area is 117 Å². The van der Waals surface area contributed by atoms with Crippen LogP contribution in [0, 0.1) is 5.92 Å². The van der Waals surface area contributed by atoms with Gasteiger partial charge < -0.3 is 15.1 Å². The molecule has 5 heteroatoms. The van der Waals surface area contributed by atoms with Crippen LogP contribution in [-0.2, 0) is 4.79 Å². The molecular formula is C15H18N2O3. The minimum absolute atomic E-state index is 0.0174. The second-order valence-electron chi connectivity index (χ2n) is 4.84. The normalized spacial score (nSPS) is 10.8. The van der Waals surface area contributed by atoms with Crippen molar-refractivity contribution in [3.05, 3.63) is 36.1 Å². The van der Waals surface area contributed by atoms with E-state index in [1.165, 1.54) is 0 Å². The van der Waals surface area contributed by atoms with Crippen LogP contribution in [0.4, 0.5) is 0 Å². The molecule has 0 radical (unpaired) electrons. The summed E-state index contributed by atoms with van der Waals surface area (Å²) < 4.78 is 5.26. The molecule has 1 aromatic carbocycles. The van der Waals surface area contributed by atoms with Crippen molar-refractivity contribution < 1.29 is 14.0 Å². The number of rotatable bonds is 5. The number of amides is 2. The van der Waals surface area contributed by atoms with E-state index in [1.807, 2.05) is 19.9 Å². The second kappa shape index (κ2) is 6.23. The number of hydrogen-bond acceptors (Lipinski definition) is 3. The van der Waals surface area contributed by atoms with Crippen LogP contribution in [0.1, 0.15) is 24.2 Å². The first-order chi connectivity index (χ1) is 9.59. The first-order valence-electron chi connectivity index (χ1n) is 6.61. The van der Waals surface area contributed by atoms with Crippen LogP contribution < -0.4 is 10.6 Å². The SMILES string of the molecule is CC(C)C(=O)NCCNC(=O)c1cccc2occc12. The molecule has 0 unspecified atom stereocenters. The number of carbonyl (C=O) groups excluding carboxylic acids is 2. The molecule has 0 atom stereocenters. The first kappa shape index (κ1) is 14.1. The Morgan fingerprint density at radius 1 is 1.15 bits per heavy atom. The smallest absolute Gasteiger partial charge is 0.252 e. The Balaban J connectivity index is 1.89. The van der Waals surface area contributed by atoms with Crippen molar-refractivity contribution in [3.63, 3.8) is 0 Å². The van der Waals surface area contributed by atoms with Crippen molar-refractivity contribution in [1.82, 2.24) is 10.6 Å². The lowest BCUT2D eigenvalue weighted by Crippen LogP contribution is -2.36. The molecule has 5 nitrogen and oxygen atoms in total. The zero-order valence-corrected chi connectivity index (χ0v) is 11.6. The lowest BCUT2D eigenvalue weighted by Gasteiger charge is -2.09. The molecule has 0 aliphatic rings. The van der Waals surface area contributed by atoms with E-state index < -0.39 is 0 Å². The summed E-state index contributed by atoms with van der Waals surface area (Å²) in [5, 5.41) is 6.32. The average Bonchev–Trinajstić information content (AvgIpc) is 2.90. The second-order valence-corrected chi connectivity index (χ2v) is 4.84. The molecule has 0 bridgehead atoms. The highest BCUT2D eigenvalue weighted by molar-refractivity contribution is 6.05. The lowest BCUT2D eigenvalue weighted by molar-refractivity contribution is -0.123. The van der Waals surface area contributed by atoms with Gasteiger partial charge in [-0.3, -0.25) is 9.59 Å². The molecular weight excluding hydrogens is 256 g/mol. The molecule has 106 valence electrons. The van der Waals surface area contributed by atoms with Gasteiger partial charge in [-0.2, -0.15) is 0 Å². The van der Waals surface area contributed by atoms with E-state index in [1.54, 1.807) is 24.5 Å². The summed E-state index contributed by atoms with van der Waals surface area (Å²) in [6, 6.07) is 7.11. The van der Waals surface area contributed by atoms with Crippen molar-refractivity contribution in [1.29, 1.82) is 0 Å². The fourth-order valence-corrected chi connectivity index (χ4v) is 1.85. The number of benzene rings is 1. The van der Waals surface area contributed by atoms with E-state index >= 15 is 0 Å². The van der Waals surface area contributed by atoms with Gasteiger partial charge in [0.2, 0.25) is 5.91 Å². The Bertz CT molecular complexity index is 616. The van der Waals surface area contributed by atoms with Crippen molar-refractivity contribution in [2.45, 2.75) is 13.8 Å². The molecule has 1 heterocycles. The zero-order chi connectivity index (χ0) is 14.5. The molecule has 0 aliphatic carbocycles. The summed E-state index contributed by atoms with van der Waals surface area (Å²) in [6.07, 6.45) is 1.56. The molecule has 0 aliphatic heterocycles. The van der Waals surface area contributed by atoms with Crippen molar-refractivity contribution >= 4 is 22.8 Å². The van der Waals surface area contributed by atoms with Crippen LogP contribution in [0.3, 0.4) is 0 Å². The molecule has 1 aromatic heterocycles. The third kappa shape index (κ3) is 3.17. The summed E-state index contributed by atoms with van der Waals surface area (Å²) in [5.74, 6) is -0.239. The third-order valence-corrected chi connectivity index (χ3v) is 2.97. The predicted molar refractivity (Wildman–Crippen MR) is 76.4 cm³/mol. The first-order valence-corrected chi connectivity index (χ1v) is 6.61. The van der Waals surface area contributed by atoms with E-state index in [2.05, 4.69) is 10.6 Å². The van der Waals surface area contributed by atoms with E-state index in [4.69, 9.17) is 4.42 Å². The van der Waals surface area contributed by atoms with E-state index in [0.29, 0.717) is 24.2 Å². The molecule has 2 amide bonds. The number of furan rings is 1. The van der Waals surface area contributed by atoms with E-state index in [0.717, 1.165) is 5.39 Å². The van der Waals surface area contributed by atoms with E-state index in [9.17, 15) is 9.59 Å². The van der Waals surface area contributed by atoms with Crippen molar-refractivity contribution in [2.75, 3.05) is 13.1 Å². The molecule has 0 saturated carbocycles. The lowest BCUT2D eigenvalue weighted by atomic mass is 10.1. The number of nitrogens with one attached hydrogen (secondary N) is 2. The van der Waals surface area contributed by atoms with Gasteiger partial charge in [0.05, 0.1) is 11.8 Å². The Hall–Kier alpha value is -2.30. The largest absolute Gasteiger partial charge is 0.464 e. The molecule has 2 N–H and O–H groups in total. The maximum Gasteiger partial charge on any atom is 0.252 e. The van der Waals surface area contributed by atoms with Crippen molar-refractivity contribution in [2.24, 2.45) is 5.92 Å². The average molecular weight is 274 g/mol. The van der Waals surface area contributed by atoms with Gasteiger partial charge in [-0.05, 0) is 18.2 Å². The Morgan fingerprint density at radius 3 is 2.65 bits per heavy atom. The van der Waals surface area contributed by atoms with Crippen LogP contribution in [0.2, 0.25) is 0 Å². The molecule has 0 saturated heterocycles. The van der Waals surface area contributed by atoms with Gasteiger partial charge in [-0.1, -0.05) is 19.9 Å². The molecule has 2 aromatic rings. The summed E-state index contributed by atoms with van der Waals surface area (Å²) in [4.78, 5) is 23.4. The maximum absolute atomic E-state index is 12.1. The topological polar surface area (TPSA) is 71.3 Å². The van der Waals surface area contributed by atoms with Gasteiger partial charge >= 0.3 is 0 Å². The summed E-state index contributed by atoms with van der Waals surface area (Å²) >= 11 is 0. The summed E-state index contributed by atoms with van der Waals surface area (Å²) in [6.45, 7) is 4.47. The van der Waals surface area contributed by atoms with E-state index in [-0.39, 0.29) is 17.7 Å². The maximum atomic E-state index is 12.1. The van der Waals surface area contributed by atoms with Gasteiger partial charge in [-0.15, -0.1) is 0 Å². The standard InChI is InChI=1S/C15H18N2O3/c1-10(2)14(18)16-7-8-17-15(19)12-4-3-5-13-11(12)6-9-20-13/h3-6,9-10H,7-8H2,1-2H3,(H,16,18)(H,17,19). The van der Waals surface area contributed by atoms with Crippen LogP contribution in [0.5, 0.6) is 0 Å². The molecule has 20 heavy (non-hydrogen) atoms.